The van der Waals surface area contributed by atoms with Crippen LogP contribution in [0.1, 0.15) is 31.1 Å². The summed E-state index contributed by atoms with van der Waals surface area (Å²) in [5.74, 6) is -0.372. The second-order valence-electron chi connectivity index (χ2n) is 8.69. The Morgan fingerprint density at radius 1 is 0.903 bits per heavy atom. The Morgan fingerprint density at radius 2 is 1.52 bits per heavy atom. The number of benzene rings is 2. The quantitative estimate of drug-likeness (QED) is 0.656. The monoisotopic (exact) mass is 481 g/mol. The molecule has 1 aliphatic heterocycles. The van der Waals surface area contributed by atoms with Crippen molar-refractivity contribution in [2.45, 2.75) is 26.8 Å². The zero-order valence-corrected chi connectivity index (χ0v) is 20.1. The van der Waals surface area contributed by atoms with E-state index in [2.05, 4.69) is 10.2 Å². The van der Waals surface area contributed by atoms with Crippen molar-refractivity contribution < 1.29 is 9.59 Å². The smallest absolute Gasteiger partial charge is 0.251 e. The molecule has 0 bridgehead atoms. The van der Waals surface area contributed by atoms with Gasteiger partial charge in [-0.2, -0.15) is 0 Å². The van der Waals surface area contributed by atoms with E-state index in [-0.39, 0.29) is 11.8 Å². The minimum Gasteiger partial charge on any atom is -0.368 e. The summed E-state index contributed by atoms with van der Waals surface area (Å²) in [4.78, 5) is 30.1. The van der Waals surface area contributed by atoms with E-state index in [9.17, 15) is 9.59 Å². The summed E-state index contributed by atoms with van der Waals surface area (Å²) in [5, 5.41) is 4.51. The van der Waals surface area contributed by atoms with Crippen molar-refractivity contribution in [3.05, 3.63) is 63.1 Å². The van der Waals surface area contributed by atoms with Crippen molar-refractivity contribution in [2.75, 3.05) is 31.1 Å². The fourth-order valence-electron chi connectivity index (χ4n) is 3.51. The van der Waals surface area contributed by atoms with Gasteiger partial charge in [0.1, 0.15) is 6.04 Å². The maximum absolute atomic E-state index is 13.3. The summed E-state index contributed by atoms with van der Waals surface area (Å²) in [6, 6.07) is 11.5. The van der Waals surface area contributed by atoms with E-state index < -0.39 is 11.5 Å². The molecular weight excluding hydrogens is 457 g/mol. The van der Waals surface area contributed by atoms with Gasteiger partial charge < -0.3 is 15.1 Å². The number of amides is 2. The fraction of sp³-hybridized carbons (Fsp3) is 0.391. The highest BCUT2D eigenvalue weighted by molar-refractivity contribution is 6.42. The standard InChI is InChI=1S/C23H26Cl3N3O2/c1-23(2,3)20(27-21(30)15-4-6-16(24)7-5-15)22(31)29-12-10-28(11-13-29)17-8-9-18(25)19(26)14-17/h4-9,14,20H,10-13H2,1-3H3,(H,27,30). The van der Waals surface area contributed by atoms with Gasteiger partial charge in [0.2, 0.25) is 5.91 Å². The first-order chi connectivity index (χ1) is 14.6. The fourth-order valence-corrected chi connectivity index (χ4v) is 3.93. The van der Waals surface area contributed by atoms with Gasteiger partial charge in [0, 0.05) is 42.5 Å². The highest BCUT2D eigenvalue weighted by atomic mass is 35.5. The van der Waals surface area contributed by atoms with E-state index >= 15 is 0 Å². The van der Waals surface area contributed by atoms with Crippen molar-refractivity contribution in [1.82, 2.24) is 10.2 Å². The minimum atomic E-state index is -0.646. The third-order valence-corrected chi connectivity index (χ3v) is 6.35. The molecule has 8 heteroatoms. The van der Waals surface area contributed by atoms with Crippen LogP contribution >= 0.6 is 34.8 Å². The molecule has 0 aliphatic carbocycles. The maximum atomic E-state index is 13.3. The normalized spacial score (nSPS) is 15.5. The van der Waals surface area contributed by atoms with Gasteiger partial charge in [0.25, 0.3) is 5.91 Å². The van der Waals surface area contributed by atoms with Crippen LogP contribution < -0.4 is 10.2 Å². The Labute approximate surface area is 198 Å². The summed E-state index contributed by atoms with van der Waals surface area (Å²) < 4.78 is 0. The third-order valence-electron chi connectivity index (χ3n) is 5.35. The SMILES string of the molecule is CC(C)(C)C(NC(=O)c1ccc(Cl)cc1)C(=O)N1CCN(c2ccc(Cl)c(Cl)c2)CC1. The predicted molar refractivity (Wildman–Crippen MR) is 127 cm³/mol. The Morgan fingerprint density at radius 3 is 2.06 bits per heavy atom. The number of nitrogens with zero attached hydrogens (tertiary/aromatic N) is 2. The molecule has 0 spiro atoms. The molecule has 166 valence electrons. The average Bonchev–Trinajstić information content (AvgIpc) is 2.73. The zero-order valence-electron chi connectivity index (χ0n) is 17.8. The van der Waals surface area contributed by atoms with Gasteiger partial charge in [-0.25, -0.2) is 0 Å². The molecule has 0 saturated carbocycles. The van der Waals surface area contributed by atoms with Crippen LogP contribution in [0, 0.1) is 5.41 Å². The van der Waals surface area contributed by atoms with Crippen LogP contribution in [-0.4, -0.2) is 48.9 Å². The first-order valence-electron chi connectivity index (χ1n) is 10.1. The maximum Gasteiger partial charge on any atom is 0.251 e. The molecule has 3 rings (SSSR count). The number of hydrogen-bond acceptors (Lipinski definition) is 3. The predicted octanol–water partition coefficient (Wildman–Crippen LogP) is 5.14. The first kappa shape index (κ1) is 23.7. The molecule has 2 aromatic rings. The van der Waals surface area contributed by atoms with Gasteiger partial charge >= 0.3 is 0 Å². The Hall–Kier alpha value is -1.95. The largest absolute Gasteiger partial charge is 0.368 e. The minimum absolute atomic E-state index is 0.0800. The lowest BCUT2D eigenvalue weighted by molar-refractivity contribution is -0.136. The number of carbonyl (C=O) groups is 2. The summed E-state index contributed by atoms with van der Waals surface area (Å²) >= 11 is 18.1. The number of piperazine rings is 1. The molecule has 2 amide bonds. The first-order valence-corrected chi connectivity index (χ1v) is 11.2. The van der Waals surface area contributed by atoms with Crippen LogP contribution in [-0.2, 0) is 4.79 Å². The molecule has 5 nitrogen and oxygen atoms in total. The van der Waals surface area contributed by atoms with Gasteiger partial charge in [-0.15, -0.1) is 0 Å². The Balaban J connectivity index is 1.67. The lowest BCUT2D eigenvalue weighted by atomic mass is 9.85. The molecule has 1 N–H and O–H groups in total. The van der Waals surface area contributed by atoms with E-state index in [1.165, 1.54) is 0 Å². The van der Waals surface area contributed by atoms with E-state index in [0.717, 1.165) is 5.69 Å². The van der Waals surface area contributed by atoms with Crippen molar-refractivity contribution in [1.29, 1.82) is 0 Å². The summed E-state index contributed by atoms with van der Waals surface area (Å²) in [6.07, 6.45) is 0. The average molecular weight is 483 g/mol. The lowest BCUT2D eigenvalue weighted by Crippen LogP contribution is -2.58. The number of carbonyl (C=O) groups excluding carboxylic acids is 2. The van der Waals surface area contributed by atoms with E-state index in [0.29, 0.717) is 46.8 Å². The third kappa shape index (κ3) is 5.85. The van der Waals surface area contributed by atoms with Gasteiger partial charge in [-0.3, -0.25) is 9.59 Å². The van der Waals surface area contributed by atoms with Crippen LogP contribution in [0.5, 0.6) is 0 Å². The van der Waals surface area contributed by atoms with Gasteiger partial charge in [0.05, 0.1) is 10.0 Å². The van der Waals surface area contributed by atoms with Gasteiger partial charge in [-0.1, -0.05) is 55.6 Å². The van der Waals surface area contributed by atoms with Crippen molar-refractivity contribution in [3.8, 4) is 0 Å². The topological polar surface area (TPSA) is 52.7 Å². The molecule has 1 fully saturated rings. The molecular formula is C23H26Cl3N3O2. The highest BCUT2D eigenvalue weighted by Crippen LogP contribution is 2.28. The van der Waals surface area contributed by atoms with Crippen LogP contribution in [0.25, 0.3) is 0 Å². The van der Waals surface area contributed by atoms with Crippen LogP contribution in [0.15, 0.2) is 42.5 Å². The molecule has 0 radical (unpaired) electrons. The van der Waals surface area contributed by atoms with E-state index in [1.54, 1.807) is 30.3 Å². The molecule has 1 saturated heterocycles. The summed E-state index contributed by atoms with van der Waals surface area (Å²) in [7, 11) is 0. The van der Waals surface area contributed by atoms with Gasteiger partial charge in [0.15, 0.2) is 0 Å². The van der Waals surface area contributed by atoms with Crippen molar-refractivity contribution in [2.24, 2.45) is 5.41 Å². The second kappa shape index (κ2) is 9.68. The number of rotatable bonds is 4. The summed E-state index contributed by atoms with van der Waals surface area (Å²) in [5.41, 5.74) is 1.00. The summed E-state index contributed by atoms with van der Waals surface area (Å²) in [6.45, 7) is 8.30. The van der Waals surface area contributed by atoms with Crippen molar-refractivity contribution in [3.63, 3.8) is 0 Å². The van der Waals surface area contributed by atoms with Crippen LogP contribution in [0.4, 0.5) is 5.69 Å². The Bertz CT molecular complexity index is 950. The number of nitrogens with one attached hydrogen (secondary N) is 1. The zero-order chi connectivity index (χ0) is 22.8. The molecule has 31 heavy (non-hydrogen) atoms. The highest BCUT2D eigenvalue weighted by Gasteiger charge is 2.36. The molecule has 2 aromatic carbocycles. The molecule has 1 heterocycles. The number of hydrogen-bond donors (Lipinski definition) is 1. The Kier molecular flexibility index (Phi) is 7.40. The van der Waals surface area contributed by atoms with Crippen LogP contribution in [0.2, 0.25) is 15.1 Å². The van der Waals surface area contributed by atoms with E-state index in [1.807, 2.05) is 37.8 Å². The van der Waals surface area contributed by atoms with Gasteiger partial charge in [-0.05, 0) is 47.9 Å². The van der Waals surface area contributed by atoms with Crippen LogP contribution in [0.3, 0.4) is 0 Å². The number of halogens is 3. The van der Waals surface area contributed by atoms with Crippen molar-refractivity contribution >= 4 is 52.3 Å². The molecule has 1 unspecified atom stereocenters. The number of anilines is 1. The molecule has 0 aromatic heterocycles. The lowest BCUT2D eigenvalue weighted by Gasteiger charge is -2.40. The van der Waals surface area contributed by atoms with E-state index in [4.69, 9.17) is 34.8 Å². The second-order valence-corrected chi connectivity index (χ2v) is 9.94. The molecule has 1 atom stereocenters. The molecule has 1 aliphatic rings.